The summed E-state index contributed by atoms with van der Waals surface area (Å²) in [4.78, 5) is 17.0. The average molecular weight is 386 g/mol. The monoisotopic (exact) mass is 386 g/mol. The molecule has 0 bridgehead atoms. The van der Waals surface area contributed by atoms with Crippen molar-refractivity contribution in [2.75, 3.05) is 11.9 Å². The van der Waals surface area contributed by atoms with Crippen LogP contribution >= 0.6 is 0 Å². The van der Waals surface area contributed by atoms with Gasteiger partial charge in [-0.3, -0.25) is 4.79 Å². The van der Waals surface area contributed by atoms with Gasteiger partial charge in [0.1, 0.15) is 11.3 Å². The number of rotatable bonds is 5. The summed E-state index contributed by atoms with van der Waals surface area (Å²) < 4.78 is 11.6. The number of hydrogen-bond acceptors (Lipinski definition) is 4. The zero-order valence-corrected chi connectivity index (χ0v) is 16.7. The Morgan fingerprint density at radius 2 is 1.83 bits per heavy atom. The van der Waals surface area contributed by atoms with E-state index in [4.69, 9.17) is 9.15 Å². The summed E-state index contributed by atoms with van der Waals surface area (Å²) >= 11 is 0. The smallest absolute Gasteiger partial charge is 0.262 e. The number of nitrogens with one attached hydrogen (secondary N) is 1. The number of oxazole rings is 1. The zero-order chi connectivity index (χ0) is 20.4. The van der Waals surface area contributed by atoms with E-state index in [0.29, 0.717) is 17.3 Å². The standard InChI is InChI=1S/C24H22N2O3/c1-15-12-16(2)23-21(13-15)26-24(29-23)19-10-7-11-20(17(19)3)25-22(27)14-28-18-8-5-4-6-9-18/h4-13H,14H2,1-3H3,(H,25,27). The molecule has 0 saturated carbocycles. The first kappa shape index (κ1) is 18.7. The fourth-order valence-corrected chi connectivity index (χ4v) is 3.35. The molecular weight excluding hydrogens is 364 g/mol. The second-order valence-electron chi connectivity index (χ2n) is 7.08. The minimum absolute atomic E-state index is 0.0605. The summed E-state index contributed by atoms with van der Waals surface area (Å²) in [6.07, 6.45) is 0. The van der Waals surface area contributed by atoms with Crippen molar-refractivity contribution in [3.63, 3.8) is 0 Å². The molecule has 0 aliphatic rings. The molecule has 0 saturated heterocycles. The molecular formula is C24H22N2O3. The van der Waals surface area contributed by atoms with Crippen LogP contribution in [0.2, 0.25) is 0 Å². The Hall–Kier alpha value is -3.60. The number of amides is 1. The first-order valence-electron chi connectivity index (χ1n) is 9.47. The van der Waals surface area contributed by atoms with E-state index in [2.05, 4.69) is 16.4 Å². The molecule has 1 amide bonds. The Balaban J connectivity index is 1.56. The highest BCUT2D eigenvalue weighted by atomic mass is 16.5. The number of aromatic nitrogens is 1. The summed E-state index contributed by atoms with van der Waals surface area (Å²) in [5.41, 5.74) is 6.27. The fraction of sp³-hybridized carbons (Fsp3) is 0.167. The molecule has 3 aromatic carbocycles. The summed E-state index contributed by atoms with van der Waals surface area (Å²) in [6.45, 7) is 5.94. The van der Waals surface area contributed by atoms with Crippen LogP contribution in [0.4, 0.5) is 5.69 Å². The van der Waals surface area contributed by atoms with Crippen LogP contribution in [-0.4, -0.2) is 17.5 Å². The van der Waals surface area contributed by atoms with Crippen molar-refractivity contribution in [3.05, 3.63) is 77.4 Å². The Kier molecular flexibility index (Phi) is 5.04. The van der Waals surface area contributed by atoms with Crippen LogP contribution in [0.25, 0.3) is 22.6 Å². The molecule has 29 heavy (non-hydrogen) atoms. The lowest BCUT2D eigenvalue weighted by molar-refractivity contribution is -0.118. The molecule has 146 valence electrons. The van der Waals surface area contributed by atoms with E-state index in [1.807, 2.05) is 75.4 Å². The maximum Gasteiger partial charge on any atom is 0.262 e. The maximum absolute atomic E-state index is 12.3. The van der Waals surface area contributed by atoms with Crippen molar-refractivity contribution in [3.8, 4) is 17.2 Å². The van der Waals surface area contributed by atoms with Gasteiger partial charge in [0.2, 0.25) is 5.89 Å². The number of nitrogens with zero attached hydrogens (tertiary/aromatic N) is 1. The molecule has 0 aliphatic carbocycles. The van der Waals surface area contributed by atoms with E-state index in [1.165, 1.54) is 0 Å². The third-order valence-corrected chi connectivity index (χ3v) is 4.77. The van der Waals surface area contributed by atoms with E-state index < -0.39 is 0 Å². The van der Waals surface area contributed by atoms with Crippen LogP contribution in [0.3, 0.4) is 0 Å². The molecule has 4 rings (SSSR count). The summed E-state index contributed by atoms with van der Waals surface area (Å²) in [5.74, 6) is 0.978. The van der Waals surface area contributed by atoms with Crippen molar-refractivity contribution >= 4 is 22.7 Å². The normalized spacial score (nSPS) is 10.9. The van der Waals surface area contributed by atoms with E-state index in [9.17, 15) is 4.79 Å². The van der Waals surface area contributed by atoms with Crippen molar-refractivity contribution in [2.24, 2.45) is 0 Å². The van der Waals surface area contributed by atoms with Gasteiger partial charge in [-0.15, -0.1) is 0 Å². The van der Waals surface area contributed by atoms with Gasteiger partial charge < -0.3 is 14.5 Å². The second-order valence-corrected chi connectivity index (χ2v) is 7.08. The maximum atomic E-state index is 12.3. The Morgan fingerprint density at radius 1 is 1.03 bits per heavy atom. The fourth-order valence-electron chi connectivity index (χ4n) is 3.35. The van der Waals surface area contributed by atoms with Gasteiger partial charge in [0.05, 0.1) is 0 Å². The highest BCUT2D eigenvalue weighted by Gasteiger charge is 2.15. The minimum Gasteiger partial charge on any atom is -0.484 e. The number of carbonyl (C=O) groups is 1. The number of aryl methyl sites for hydroxylation is 2. The molecule has 1 aromatic heterocycles. The molecule has 5 heteroatoms. The summed E-state index contributed by atoms with van der Waals surface area (Å²) in [6, 6.07) is 19.0. The number of para-hydroxylation sites is 1. The zero-order valence-electron chi connectivity index (χ0n) is 16.7. The van der Waals surface area contributed by atoms with Crippen molar-refractivity contribution in [1.29, 1.82) is 0 Å². The number of ether oxygens (including phenoxy) is 1. The average Bonchev–Trinajstić information content (AvgIpc) is 3.13. The molecule has 1 heterocycles. The molecule has 0 spiro atoms. The van der Waals surface area contributed by atoms with Crippen LogP contribution in [0.15, 0.2) is 65.1 Å². The van der Waals surface area contributed by atoms with Gasteiger partial charge in [0, 0.05) is 11.3 Å². The number of benzene rings is 3. The van der Waals surface area contributed by atoms with Crippen molar-refractivity contribution in [2.45, 2.75) is 20.8 Å². The van der Waals surface area contributed by atoms with Gasteiger partial charge >= 0.3 is 0 Å². The van der Waals surface area contributed by atoms with Gasteiger partial charge in [-0.05, 0) is 67.8 Å². The minimum atomic E-state index is -0.224. The van der Waals surface area contributed by atoms with Gasteiger partial charge in [-0.25, -0.2) is 4.98 Å². The predicted molar refractivity (Wildman–Crippen MR) is 114 cm³/mol. The number of hydrogen-bond donors (Lipinski definition) is 1. The number of fused-ring (bicyclic) bond motifs is 1. The first-order valence-corrected chi connectivity index (χ1v) is 9.47. The van der Waals surface area contributed by atoms with Crippen molar-refractivity contribution < 1.29 is 13.9 Å². The van der Waals surface area contributed by atoms with Crippen LogP contribution in [-0.2, 0) is 4.79 Å². The third kappa shape index (κ3) is 3.99. The molecule has 0 unspecified atom stereocenters. The highest BCUT2D eigenvalue weighted by Crippen LogP contribution is 2.32. The van der Waals surface area contributed by atoms with Gasteiger partial charge in [0.25, 0.3) is 5.91 Å². The number of anilines is 1. The molecule has 1 N–H and O–H groups in total. The lowest BCUT2D eigenvalue weighted by Gasteiger charge is -2.11. The SMILES string of the molecule is Cc1cc(C)c2oc(-c3cccc(NC(=O)COc4ccccc4)c3C)nc2c1. The summed E-state index contributed by atoms with van der Waals surface area (Å²) in [7, 11) is 0. The Bertz CT molecular complexity index is 1180. The Labute approximate surface area is 169 Å². The quantitative estimate of drug-likeness (QED) is 0.496. The molecule has 0 atom stereocenters. The molecule has 5 nitrogen and oxygen atoms in total. The van der Waals surface area contributed by atoms with Crippen LogP contribution in [0.1, 0.15) is 16.7 Å². The third-order valence-electron chi connectivity index (χ3n) is 4.77. The van der Waals surface area contributed by atoms with E-state index in [1.54, 1.807) is 0 Å². The van der Waals surface area contributed by atoms with E-state index in [0.717, 1.165) is 33.4 Å². The topological polar surface area (TPSA) is 64.4 Å². The van der Waals surface area contributed by atoms with Crippen molar-refractivity contribution in [1.82, 2.24) is 4.98 Å². The van der Waals surface area contributed by atoms with E-state index >= 15 is 0 Å². The van der Waals surface area contributed by atoms with Crippen LogP contribution < -0.4 is 10.1 Å². The number of carbonyl (C=O) groups excluding carboxylic acids is 1. The molecule has 0 fully saturated rings. The molecule has 0 aliphatic heterocycles. The predicted octanol–water partition coefficient (Wildman–Crippen LogP) is 5.44. The van der Waals surface area contributed by atoms with Gasteiger partial charge in [-0.2, -0.15) is 0 Å². The van der Waals surface area contributed by atoms with Crippen LogP contribution in [0.5, 0.6) is 5.75 Å². The summed E-state index contributed by atoms with van der Waals surface area (Å²) in [5, 5.41) is 2.91. The van der Waals surface area contributed by atoms with Crippen LogP contribution in [0, 0.1) is 20.8 Å². The van der Waals surface area contributed by atoms with E-state index in [-0.39, 0.29) is 12.5 Å². The Morgan fingerprint density at radius 3 is 2.62 bits per heavy atom. The molecule has 4 aromatic rings. The molecule has 0 radical (unpaired) electrons. The lowest BCUT2D eigenvalue weighted by Crippen LogP contribution is -2.20. The lowest BCUT2D eigenvalue weighted by atomic mass is 10.1. The largest absolute Gasteiger partial charge is 0.484 e. The first-order chi connectivity index (χ1) is 14.0. The van der Waals surface area contributed by atoms with Gasteiger partial charge in [0.15, 0.2) is 12.2 Å². The van der Waals surface area contributed by atoms with Gasteiger partial charge in [-0.1, -0.05) is 30.3 Å². The highest BCUT2D eigenvalue weighted by molar-refractivity contribution is 5.93. The second kappa shape index (κ2) is 7.80.